The van der Waals surface area contributed by atoms with E-state index in [2.05, 4.69) is 5.32 Å². The van der Waals surface area contributed by atoms with E-state index in [0.29, 0.717) is 11.3 Å². The first kappa shape index (κ1) is 10.5. The highest BCUT2D eigenvalue weighted by Crippen LogP contribution is 2.21. The van der Waals surface area contributed by atoms with E-state index >= 15 is 0 Å². The van der Waals surface area contributed by atoms with Gasteiger partial charge in [0.15, 0.2) is 0 Å². The molecule has 1 aromatic heterocycles. The Morgan fingerprint density at radius 2 is 1.88 bits per heavy atom. The lowest BCUT2D eigenvalue weighted by Crippen LogP contribution is -2.11. The van der Waals surface area contributed by atoms with Crippen molar-refractivity contribution in [3.05, 3.63) is 40.4 Å². The molecule has 0 bridgehead atoms. The lowest BCUT2D eigenvalue weighted by atomic mass is 10.1. The lowest BCUT2D eigenvalue weighted by Gasteiger charge is -2.01. The molecule has 2 rings (SSSR count). The minimum Gasteiger partial charge on any atom is -0.388 e. The highest BCUT2D eigenvalue weighted by Gasteiger charge is 2.13. The van der Waals surface area contributed by atoms with E-state index in [9.17, 15) is 4.79 Å². The Balaban J connectivity index is 2.54. The van der Waals surface area contributed by atoms with Crippen LogP contribution in [0.25, 0.3) is 11.1 Å². The summed E-state index contributed by atoms with van der Waals surface area (Å²) in [6.07, 6.45) is 0. The molecule has 0 fully saturated rings. The van der Waals surface area contributed by atoms with Gasteiger partial charge in [-0.2, -0.15) is 4.74 Å². The third-order valence-corrected chi connectivity index (χ3v) is 2.59. The zero-order valence-corrected chi connectivity index (χ0v) is 9.57. The number of hydrogen-bond acceptors (Lipinski definition) is 3. The van der Waals surface area contributed by atoms with Crippen molar-refractivity contribution in [3.8, 4) is 11.1 Å². The lowest BCUT2D eigenvalue weighted by molar-refractivity contribution is 0.283. The number of nitrogens with one attached hydrogen (secondary N) is 1. The zero-order chi connectivity index (χ0) is 11.7. The summed E-state index contributed by atoms with van der Waals surface area (Å²) in [5, 5.41) is 3.03. The normalized spacial score (nSPS) is 10.4. The first-order valence-electron chi connectivity index (χ1n) is 5.08. The molecule has 0 saturated heterocycles. The Bertz CT molecular complexity index is 549. The Hall–Kier alpha value is -1.97. The van der Waals surface area contributed by atoms with Crippen LogP contribution in [0.4, 0.5) is 5.69 Å². The highest BCUT2D eigenvalue weighted by molar-refractivity contribution is 5.66. The van der Waals surface area contributed by atoms with Crippen molar-refractivity contribution in [2.45, 2.75) is 6.92 Å². The van der Waals surface area contributed by atoms with Gasteiger partial charge in [-0.05, 0) is 24.6 Å². The topological polar surface area (TPSA) is 47.2 Å². The van der Waals surface area contributed by atoms with Crippen molar-refractivity contribution in [1.29, 1.82) is 0 Å². The smallest absolute Gasteiger partial charge is 0.290 e. The molecule has 0 aliphatic heterocycles. The van der Waals surface area contributed by atoms with Gasteiger partial charge in [0.25, 0.3) is 5.56 Å². The van der Waals surface area contributed by atoms with Gasteiger partial charge in [-0.1, -0.05) is 12.1 Å². The fraction of sp³-hybridized carbons (Fsp3) is 0.250. The number of rotatable bonds is 2. The number of benzene rings is 1. The van der Waals surface area contributed by atoms with Crippen molar-refractivity contribution in [2.24, 2.45) is 7.05 Å². The van der Waals surface area contributed by atoms with Gasteiger partial charge >= 0.3 is 0 Å². The van der Waals surface area contributed by atoms with Crippen LogP contribution in [0.3, 0.4) is 0 Å². The van der Waals surface area contributed by atoms with E-state index in [1.54, 1.807) is 14.0 Å². The monoisotopic (exact) mass is 218 g/mol. The summed E-state index contributed by atoms with van der Waals surface area (Å²) in [6, 6.07) is 7.68. The fourth-order valence-electron chi connectivity index (χ4n) is 1.73. The number of aromatic nitrogens is 1. The number of aryl methyl sites for hydroxylation is 2. The molecule has 2 aromatic rings. The SMILES string of the molecule is CNc1ccc(-c2c(C)on(C)c2=O)cc1. The van der Waals surface area contributed by atoms with E-state index in [1.807, 2.05) is 31.3 Å². The van der Waals surface area contributed by atoms with Gasteiger partial charge in [-0.25, -0.2) is 0 Å². The van der Waals surface area contributed by atoms with E-state index in [4.69, 9.17) is 4.52 Å². The van der Waals surface area contributed by atoms with Crippen LogP contribution in [-0.4, -0.2) is 11.8 Å². The molecule has 1 heterocycles. The van der Waals surface area contributed by atoms with Crippen molar-refractivity contribution in [1.82, 2.24) is 4.74 Å². The maximum atomic E-state index is 11.8. The Morgan fingerprint density at radius 3 is 2.31 bits per heavy atom. The molecular weight excluding hydrogens is 204 g/mol. The van der Waals surface area contributed by atoms with Crippen molar-refractivity contribution in [3.63, 3.8) is 0 Å². The molecular formula is C12H14N2O2. The molecule has 0 amide bonds. The number of anilines is 1. The minimum atomic E-state index is -0.102. The Morgan fingerprint density at radius 1 is 1.25 bits per heavy atom. The summed E-state index contributed by atoms with van der Waals surface area (Å²) in [5.74, 6) is 0.643. The van der Waals surface area contributed by atoms with Gasteiger partial charge in [0.05, 0.1) is 5.56 Å². The predicted molar refractivity (Wildman–Crippen MR) is 63.7 cm³/mol. The van der Waals surface area contributed by atoms with Crippen LogP contribution in [0.2, 0.25) is 0 Å². The van der Waals surface area contributed by atoms with Crippen LogP contribution >= 0.6 is 0 Å². The molecule has 4 heteroatoms. The molecule has 0 unspecified atom stereocenters. The molecule has 0 aliphatic rings. The fourth-order valence-corrected chi connectivity index (χ4v) is 1.73. The van der Waals surface area contributed by atoms with Crippen molar-refractivity contribution < 1.29 is 4.52 Å². The molecule has 1 N–H and O–H groups in total. The maximum absolute atomic E-state index is 11.8. The largest absolute Gasteiger partial charge is 0.388 e. The molecule has 0 atom stereocenters. The second kappa shape index (κ2) is 3.89. The number of nitrogens with zero attached hydrogens (tertiary/aromatic N) is 1. The second-order valence-corrected chi connectivity index (χ2v) is 3.65. The summed E-state index contributed by atoms with van der Waals surface area (Å²) in [7, 11) is 3.47. The van der Waals surface area contributed by atoms with Crippen LogP contribution in [0, 0.1) is 6.92 Å². The summed E-state index contributed by atoms with van der Waals surface area (Å²) in [6.45, 7) is 1.79. The molecule has 84 valence electrons. The third kappa shape index (κ3) is 1.62. The predicted octanol–water partition coefficient (Wildman–Crippen LogP) is 2.00. The first-order valence-corrected chi connectivity index (χ1v) is 5.08. The van der Waals surface area contributed by atoms with Gasteiger partial charge in [-0.15, -0.1) is 0 Å². The standard InChI is InChI=1S/C12H14N2O2/c1-8-11(12(15)14(3)16-8)9-4-6-10(13-2)7-5-9/h4-7,13H,1-3H3. The Kier molecular flexibility index (Phi) is 2.56. The molecule has 4 nitrogen and oxygen atoms in total. The van der Waals surface area contributed by atoms with Crippen molar-refractivity contribution in [2.75, 3.05) is 12.4 Å². The molecule has 0 radical (unpaired) electrons. The van der Waals surface area contributed by atoms with Gasteiger partial charge < -0.3 is 9.84 Å². The quantitative estimate of drug-likeness (QED) is 0.838. The average molecular weight is 218 g/mol. The summed E-state index contributed by atoms with van der Waals surface area (Å²) in [4.78, 5) is 11.8. The van der Waals surface area contributed by atoms with Crippen molar-refractivity contribution >= 4 is 5.69 Å². The van der Waals surface area contributed by atoms with E-state index in [0.717, 1.165) is 11.3 Å². The van der Waals surface area contributed by atoms with Gasteiger partial charge in [-0.3, -0.25) is 4.79 Å². The second-order valence-electron chi connectivity index (χ2n) is 3.65. The molecule has 1 aromatic carbocycles. The van der Waals surface area contributed by atoms with Crippen LogP contribution < -0.4 is 10.9 Å². The average Bonchev–Trinajstić information content (AvgIpc) is 2.54. The summed E-state index contributed by atoms with van der Waals surface area (Å²) >= 11 is 0. The van der Waals surface area contributed by atoms with Crippen LogP contribution in [0.5, 0.6) is 0 Å². The maximum Gasteiger partial charge on any atom is 0.290 e. The van der Waals surface area contributed by atoms with Crippen LogP contribution in [-0.2, 0) is 7.05 Å². The number of hydrogen-bond donors (Lipinski definition) is 1. The molecule has 16 heavy (non-hydrogen) atoms. The zero-order valence-electron chi connectivity index (χ0n) is 9.57. The molecule has 0 spiro atoms. The van der Waals surface area contributed by atoms with E-state index < -0.39 is 0 Å². The summed E-state index contributed by atoms with van der Waals surface area (Å²) < 4.78 is 6.49. The minimum absolute atomic E-state index is 0.102. The van der Waals surface area contributed by atoms with Crippen LogP contribution in [0.1, 0.15) is 5.76 Å². The highest BCUT2D eigenvalue weighted by atomic mass is 16.5. The third-order valence-electron chi connectivity index (χ3n) is 2.59. The molecule has 0 aliphatic carbocycles. The summed E-state index contributed by atoms with van der Waals surface area (Å²) in [5.41, 5.74) is 2.42. The first-order chi connectivity index (χ1) is 7.63. The van der Waals surface area contributed by atoms with Gasteiger partial charge in [0.2, 0.25) is 0 Å². The van der Waals surface area contributed by atoms with Gasteiger partial charge in [0.1, 0.15) is 5.76 Å². The van der Waals surface area contributed by atoms with E-state index in [1.165, 1.54) is 4.74 Å². The van der Waals surface area contributed by atoms with Gasteiger partial charge in [0, 0.05) is 19.8 Å². The Labute approximate surface area is 93.5 Å². The molecule has 0 saturated carbocycles. The van der Waals surface area contributed by atoms with Crippen LogP contribution in [0.15, 0.2) is 33.6 Å². The van der Waals surface area contributed by atoms with E-state index in [-0.39, 0.29) is 5.56 Å².